The number of rotatable bonds is 4. The molecule has 0 aliphatic carbocycles. The van der Waals surface area contributed by atoms with E-state index in [2.05, 4.69) is 22.1 Å². The Morgan fingerprint density at radius 3 is 2.52 bits per heavy atom. The minimum atomic E-state index is -0.125. The molecule has 0 bridgehead atoms. The number of amides is 2. The Morgan fingerprint density at radius 2 is 1.73 bits per heavy atom. The van der Waals surface area contributed by atoms with Crippen molar-refractivity contribution in [3.8, 4) is 5.75 Å². The fourth-order valence-electron chi connectivity index (χ4n) is 5.98. The zero-order chi connectivity index (χ0) is 27.8. The molecule has 3 heterocycles. The summed E-state index contributed by atoms with van der Waals surface area (Å²) in [5, 5.41) is 0.709. The van der Waals surface area contributed by atoms with Crippen LogP contribution in [-0.2, 0) is 17.6 Å². The first-order chi connectivity index (χ1) is 19.5. The molecule has 2 amide bonds. The van der Waals surface area contributed by atoms with Crippen molar-refractivity contribution in [2.75, 3.05) is 32.8 Å². The highest BCUT2D eigenvalue weighted by molar-refractivity contribution is 6.31. The molecule has 1 fully saturated rings. The third-order valence-electron chi connectivity index (χ3n) is 8.33. The number of fused-ring (bicyclic) bond motifs is 1. The summed E-state index contributed by atoms with van der Waals surface area (Å²) in [6.45, 7) is 2.90. The van der Waals surface area contributed by atoms with Crippen molar-refractivity contribution in [1.29, 1.82) is 0 Å². The van der Waals surface area contributed by atoms with E-state index in [0.29, 0.717) is 56.3 Å². The molecule has 0 unspecified atom stereocenters. The lowest BCUT2D eigenvalue weighted by molar-refractivity contribution is -0.133. The molecule has 2 aromatic carbocycles. The first-order valence-corrected chi connectivity index (χ1v) is 14.7. The van der Waals surface area contributed by atoms with Crippen LogP contribution in [0.5, 0.6) is 5.75 Å². The Hall–Kier alpha value is -3.45. The molecule has 5 rings (SSSR count). The van der Waals surface area contributed by atoms with Crippen molar-refractivity contribution in [2.45, 2.75) is 51.4 Å². The number of piperidine rings is 1. The van der Waals surface area contributed by atoms with E-state index >= 15 is 0 Å². The minimum Gasteiger partial charge on any atom is -0.491 e. The van der Waals surface area contributed by atoms with Gasteiger partial charge in [0, 0.05) is 43.5 Å². The summed E-state index contributed by atoms with van der Waals surface area (Å²) < 4.78 is 6.18. The van der Waals surface area contributed by atoms with Crippen LogP contribution in [0.1, 0.15) is 60.1 Å². The van der Waals surface area contributed by atoms with E-state index in [9.17, 15) is 9.59 Å². The van der Waals surface area contributed by atoms with Crippen molar-refractivity contribution in [1.82, 2.24) is 19.8 Å². The Balaban J connectivity index is 1.29. The summed E-state index contributed by atoms with van der Waals surface area (Å²) in [5.41, 5.74) is 2.50. The van der Waals surface area contributed by atoms with Gasteiger partial charge in [0.2, 0.25) is 5.91 Å². The lowest BCUT2D eigenvalue weighted by Crippen LogP contribution is -2.50. The number of halogens is 1. The molecule has 2 aliphatic heterocycles. The first kappa shape index (κ1) is 28.1. The fraction of sp³-hybridized carbons (Fsp3) is 0.438. The van der Waals surface area contributed by atoms with Gasteiger partial charge in [0.25, 0.3) is 5.91 Å². The number of nitrogens with zero attached hydrogens (tertiary/aromatic N) is 4. The van der Waals surface area contributed by atoms with E-state index in [4.69, 9.17) is 16.3 Å². The quantitative estimate of drug-likeness (QED) is 0.414. The van der Waals surface area contributed by atoms with Crippen LogP contribution in [0.25, 0.3) is 0 Å². The molecule has 8 heteroatoms. The van der Waals surface area contributed by atoms with Gasteiger partial charge in [0.05, 0.1) is 12.7 Å². The monoisotopic (exact) mass is 560 g/mol. The smallest absolute Gasteiger partial charge is 0.274 e. The predicted molar refractivity (Wildman–Crippen MR) is 155 cm³/mol. The number of benzene rings is 2. The largest absolute Gasteiger partial charge is 0.491 e. The molecule has 40 heavy (non-hydrogen) atoms. The molecule has 0 radical (unpaired) electrons. The number of likely N-dealkylation sites (tertiary alicyclic amines) is 1. The third-order valence-corrected chi connectivity index (χ3v) is 8.70. The van der Waals surface area contributed by atoms with Crippen LogP contribution < -0.4 is 4.74 Å². The lowest BCUT2D eigenvalue weighted by Gasteiger charge is -2.45. The Labute approximate surface area is 241 Å². The lowest BCUT2D eigenvalue weighted by atomic mass is 9.73. The Morgan fingerprint density at radius 1 is 0.925 bits per heavy atom. The molecule has 7 nitrogen and oxygen atoms in total. The van der Waals surface area contributed by atoms with Gasteiger partial charge < -0.3 is 14.5 Å². The number of hydrogen-bond acceptors (Lipinski definition) is 5. The van der Waals surface area contributed by atoms with E-state index < -0.39 is 0 Å². The van der Waals surface area contributed by atoms with Crippen molar-refractivity contribution < 1.29 is 14.3 Å². The molecule has 210 valence electrons. The van der Waals surface area contributed by atoms with Gasteiger partial charge in [-0.2, -0.15) is 0 Å². The van der Waals surface area contributed by atoms with Crippen molar-refractivity contribution >= 4 is 23.4 Å². The van der Waals surface area contributed by atoms with E-state index in [0.717, 1.165) is 49.8 Å². The highest BCUT2D eigenvalue weighted by Gasteiger charge is 2.38. The van der Waals surface area contributed by atoms with Crippen LogP contribution in [0.3, 0.4) is 0 Å². The maximum absolute atomic E-state index is 13.6. The van der Waals surface area contributed by atoms with E-state index in [-0.39, 0.29) is 17.2 Å². The zero-order valence-corrected chi connectivity index (χ0v) is 23.7. The molecule has 2 aliphatic rings. The van der Waals surface area contributed by atoms with Crippen LogP contribution >= 0.6 is 11.6 Å². The second-order valence-electron chi connectivity index (χ2n) is 11.0. The Bertz CT molecular complexity index is 1290. The molecule has 1 aromatic heterocycles. The molecule has 0 atom stereocenters. The number of aryl methyl sites for hydroxylation is 2. The number of carbonyl (C=O) groups excluding carboxylic acids is 2. The van der Waals surface area contributed by atoms with Gasteiger partial charge in [-0.05, 0) is 67.2 Å². The second kappa shape index (κ2) is 13.3. The van der Waals surface area contributed by atoms with Crippen LogP contribution in [0.4, 0.5) is 0 Å². The van der Waals surface area contributed by atoms with E-state index in [1.807, 2.05) is 46.2 Å². The molecular weight excluding hydrogens is 524 g/mol. The average molecular weight is 561 g/mol. The maximum Gasteiger partial charge on any atom is 0.274 e. The second-order valence-corrected chi connectivity index (χ2v) is 11.4. The summed E-state index contributed by atoms with van der Waals surface area (Å²) in [6, 6.07) is 15.9. The van der Waals surface area contributed by atoms with Crippen LogP contribution in [-0.4, -0.2) is 64.4 Å². The average Bonchev–Trinajstić information content (AvgIpc) is 2.99. The van der Waals surface area contributed by atoms with Crippen LogP contribution in [0.15, 0.2) is 67.1 Å². The number of hydrogen-bond donors (Lipinski definition) is 0. The van der Waals surface area contributed by atoms with Gasteiger partial charge in [-0.15, -0.1) is 0 Å². The van der Waals surface area contributed by atoms with E-state index in [1.165, 1.54) is 11.8 Å². The fourth-order valence-corrected chi connectivity index (χ4v) is 6.21. The molecule has 0 saturated carbocycles. The summed E-state index contributed by atoms with van der Waals surface area (Å²) in [4.78, 5) is 39.0. The topological polar surface area (TPSA) is 75.6 Å². The SMILES string of the molecule is O=C(CCc1ccccc1Cl)N1CCC2(CCCCc3ccccc3OCCN(C(=O)c3cnccn3)C2)CC1. The predicted octanol–water partition coefficient (Wildman–Crippen LogP) is 5.62. The van der Waals surface area contributed by atoms with Crippen molar-refractivity contribution in [2.24, 2.45) is 5.41 Å². The van der Waals surface area contributed by atoms with E-state index in [1.54, 1.807) is 12.4 Å². The van der Waals surface area contributed by atoms with Crippen LogP contribution in [0, 0.1) is 5.41 Å². The summed E-state index contributed by atoms with van der Waals surface area (Å²) >= 11 is 6.30. The highest BCUT2D eigenvalue weighted by atomic mass is 35.5. The summed E-state index contributed by atoms with van der Waals surface area (Å²) in [5.74, 6) is 0.938. The van der Waals surface area contributed by atoms with Gasteiger partial charge in [-0.1, -0.05) is 54.4 Å². The van der Waals surface area contributed by atoms with Crippen molar-refractivity contribution in [3.63, 3.8) is 0 Å². The first-order valence-electron chi connectivity index (χ1n) is 14.3. The van der Waals surface area contributed by atoms with Gasteiger partial charge in [0.1, 0.15) is 18.1 Å². The minimum absolute atomic E-state index is 0.0594. The third kappa shape index (κ3) is 7.00. The van der Waals surface area contributed by atoms with Crippen molar-refractivity contribution in [3.05, 3.63) is 89.0 Å². The van der Waals surface area contributed by atoms with Gasteiger partial charge >= 0.3 is 0 Å². The maximum atomic E-state index is 13.6. The number of aromatic nitrogens is 2. The number of carbonyl (C=O) groups is 2. The van der Waals surface area contributed by atoms with Crippen LogP contribution in [0.2, 0.25) is 5.02 Å². The molecular formula is C32H37ClN4O3. The van der Waals surface area contributed by atoms with Gasteiger partial charge in [-0.3, -0.25) is 14.6 Å². The number of ether oxygens (including phenoxy) is 1. The Kier molecular flexibility index (Phi) is 9.32. The molecule has 1 saturated heterocycles. The highest BCUT2D eigenvalue weighted by Crippen LogP contribution is 2.39. The van der Waals surface area contributed by atoms with Gasteiger partial charge in [0.15, 0.2) is 0 Å². The standard InChI is InChI=1S/C32H37ClN4O3/c33-27-10-3-1-7-25(27)12-13-30(38)36-19-15-32(16-20-36)14-6-5-9-26-8-2-4-11-29(26)40-22-21-37(24-32)31(39)28-23-34-17-18-35-28/h1-4,7-8,10-11,17-18,23H,5-6,9,12-16,19-22,24H2. The summed E-state index contributed by atoms with van der Waals surface area (Å²) in [7, 11) is 0. The normalized spacial score (nSPS) is 17.7. The summed E-state index contributed by atoms with van der Waals surface area (Å²) in [6.07, 6.45) is 11.6. The molecule has 1 spiro atoms. The zero-order valence-electron chi connectivity index (χ0n) is 22.9. The van der Waals surface area contributed by atoms with Gasteiger partial charge in [-0.25, -0.2) is 4.98 Å². The molecule has 3 aromatic rings. The number of para-hydroxylation sites is 1. The molecule has 0 N–H and O–H groups in total.